The van der Waals surface area contributed by atoms with Gasteiger partial charge in [0, 0.05) is 12.0 Å². The molecule has 2 N–H and O–H groups in total. The van der Waals surface area contributed by atoms with Crippen molar-refractivity contribution in [2.75, 3.05) is 14.2 Å². The summed E-state index contributed by atoms with van der Waals surface area (Å²) in [6.07, 6.45) is -0.609. The summed E-state index contributed by atoms with van der Waals surface area (Å²) in [6.45, 7) is 0. The van der Waals surface area contributed by atoms with E-state index in [0.717, 1.165) is 0 Å². The average molecular weight is 346 g/mol. The van der Waals surface area contributed by atoms with E-state index in [1.165, 1.54) is 32.4 Å². The van der Waals surface area contributed by atoms with E-state index in [1.54, 1.807) is 0 Å². The first-order valence-electron chi connectivity index (χ1n) is 7.31. The van der Waals surface area contributed by atoms with E-state index in [0.29, 0.717) is 11.5 Å². The number of imide groups is 2. The molecule has 2 fully saturated rings. The number of hydrogen-bond acceptors (Lipinski definition) is 7. The van der Waals surface area contributed by atoms with Crippen molar-refractivity contribution in [2.24, 2.45) is 11.3 Å². The lowest BCUT2D eigenvalue weighted by atomic mass is 9.74. The van der Waals surface area contributed by atoms with Crippen LogP contribution in [0.4, 0.5) is 0 Å². The number of fused-ring (bicyclic) bond motifs is 1. The van der Waals surface area contributed by atoms with Gasteiger partial charge in [0.15, 0.2) is 22.7 Å². The van der Waals surface area contributed by atoms with Crippen LogP contribution >= 0.6 is 0 Å². The lowest BCUT2D eigenvalue weighted by molar-refractivity contribution is -0.139. The van der Waals surface area contributed by atoms with Crippen LogP contribution in [0.2, 0.25) is 0 Å². The summed E-state index contributed by atoms with van der Waals surface area (Å²) < 4.78 is 10.2. The number of methoxy groups -OCH3 is 2. The second-order valence-corrected chi connectivity index (χ2v) is 5.71. The number of rotatable bonds is 5. The van der Waals surface area contributed by atoms with Crippen molar-refractivity contribution in [3.8, 4) is 11.5 Å². The maximum atomic E-state index is 12.6. The third-order valence-electron chi connectivity index (χ3n) is 4.45. The Hall–Kier alpha value is -3.23. The first-order valence-corrected chi connectivity index (χ1v) is 7.31. The van der Waals surface area contributed by atoms with Crippen LogP contribution < -0.4 is 20.1 Å². The van der Waals surface area contributed by atoms with Crippen molar-refractivity contribution in [1.29, 1.82) is 0 Å². The zero-order chi connectivity index (χ0) is 18.4. The summed E-state index contributed by atoms with van der Waals surface area (Å²) in [6, 6.07) is 4.34. The van der Waals surface area contributed by atoms with E-state index in [-0.39, 0.29) is 5.56 Å². The minimum atomic E-state index is -2.04. The van der Waals surface area contributed by atoms with Gasteiger partial charge in [0.2, 0.25) is 23.6 Å². The van der Waals surface area contributed by atoms with Gasteiger partial charge in [-0.3, -0.25) is 34.6 Å². The second-order valence-electron chi connectivity index (χ2n) is 5.71. The van der Waals surface area contributed by atoms with Gasteiger partial charge in [-0.15, -0.1) is 0 Å². The van der Waals surface area contributed by atoms with E-state index in [2.05, 4.69) is 0 Å². The summed E-state index contributed by atoms with van der Waals surface area (Å²) >= 11 is 0. The zero-order valence-electron chi connectivity index (χ0n) is 13.4. The predicted molar refractivity (Wildman–Crippen MR) is 80.7 cm³/mol. The fourth-order valence-corrected chi connectivity index (χ4v) is 3.15. The van der Waals surface area contributed by atoms with Crippen LogP contribution in [0.3, 0.4) is 0 Å². The third-order valence-corrected chi connectivity index (χ3v) is 4.45. The first kappa shape index (κ1) is 16.6. The highest BCUT2D eigenvalue weighted by Crippen LogP contribution is 2.42. The van der Waals surface area contributed by atoms with E-state index >= 15 is 0 Å². The Bertz CT molecular complexity index is 800. The van der Waals surface area contributed by atoms with Crippen molar-refractivity contribution >= 4 is 29.4 Å². The number of amides is 4. The standard InChI is InChI=1S/C16H14N2O7/c1-24-9-4-3-7(5-10(9)25-2)8(19)6-16-11(12(20)17-14(16)22)13(21)18-15(16)23/h3-5,11H,6H2,1-2H3,(H,17,20,22)(H,18,21,23). The van der Waals surface area contributed by atoms with Gasteiger partial charge < -0.3 is 9.47 Å². The van der Waals surface area contributed by atoms with Gasteiger partial charge in [0.1, 0.15) is 5.92 Å². The Morgan fingerprint density at radius 2 is 1.56 bits per heavy atom. The van der Waals surface area contributed by atoms with Crippen molar-refractivity contribution in [2.45, 2.75) is 6.42 Å². The lowest BCUT2D eigenvalue weighted by Gasteiger charge is -2.19. The van der Waals surface area contributed by atoms with Gasteiger partial charge in [-0.05, 0) is 18.2 Å². The highest BCUT2D eigenvalue weighted by molar-refractivity contribution is 6.32. The largest absolute Gasteiger partial charge is 0.493 e. The molecular weight excluding hydrogens is 332 g/mol. The molecule has 0 radical (unpaired) electrons. The van der Waals surface area contributed by atoms with E-state index in [1.807, 2.05) is 10.6 Å². The highest BCUT2D eigenvalue weighted by atomic mass is 16.5. The fraction of sp³-hybridized carbons (Fsp3) is 0.312. The summed E-state index contributed by atoms with van der Waals surface area (Å²) in [4.78, 5) is 60.7. The molecule has 9 nitrogen and oxygen atoms in total. The number of Topliss-reactive ketones (excluding diaryl/α,β-unsaturated/α-hetero) is 1. The van der Waals surface area contributed by atoms with E-state index in [9.17, 15) is 24.0 Å². The summed E-state index contributed by atoms with van der Waals surface area (Å²) in [5.41, 5.74) is -1.89. The molecule has 0 spiro atoms. The molecule has 4 amide bonds. The van der Waals surface area contributed by atoms with Gasteiger partial charge >= 0.3 is 0 Å². The quantitative estimate of drug-likeness (QED) is 0.405. The molecule has 2 aliphatic heterocycles. The Balaban J connectivity index is 1.97. The number of carbonyl (C=O) groups excluding carboxylic acids is 5. The van der Waals surface area contributed by atoms with Crippen molar-refractivity contribution in [3.05, 3.63) is 23.8 Å². The molecule has 9 heteroatoms. The van der Waals surface area contributed by atoms with E-state index in [4.69, 9.17) is 9.47 Å². The molecular formula is C16H14N2O7. The first-order chi connectivity index (χ1) is 11.8. The van der Waals surface area contributed by atoms with Crippen molar-refractivity contribution in [3.63, 3.8) is 0 Å². The maximum absolute atomic E-state index is 12.6. The SMILES string of the molecule is COc1ccc(C(=O)CC23C(=O)NC(=O)C2C(=O)NC3=O)cc1OC. The minimum Gasteiger partial charge on any atom is -0.493 e. The normalized spacial score (nSPS) is 24.6. The van der Waals surface area contributed by atoms with Crippen LogP contribution in [0.25, 0.3) is 0 Å². The molecule has 2 saturated heterocycles. The van der Waals surface area contributed by atoms with Gasteiger partial charge in [0.25, 0.3) is 0 Å². The third kappa shape index (κ3) is 2.27. The molecule has 0 saturated carbocycles. The molecule has 0 aliphatic carbocycles. The minimum absolute atomic E-state index is 0.157. The van der Waals surface area contributed by atoms with E-state index < -0.39 is 47.2 Å². The van der Waals surface area contributed by atoms with Gasteiger partial charge in [-0.2, -0.15) is 0 Å². The number of ketones is 1. The number of benzene rings is 1. The molecule has 2 heterocycles. The number of nitrogens with one attached hydrogen (secondary N) is 2. The molecule has 0 aromatic heterocycles. The van der Waals surface area contributed by atoms with Crippen LogP contribution in [0, 0.1) is 11.3 Å². The van der Waals surface area contributed by atoms with Crippen LogP contribution in [0.5, 0.6) is 11.5 Å². The van der Waals surface area contributed by atoms with Crippen LogP contribution in [-0.4, -0.2) is 43.6 Å². The Morgan fingerprint density at radius 1 is 1.00 bits per heavy atom. The van der Waals surface area contributed by atoms with Gasteiger partial charge in [0.05, 0.1) is 14.2 Å². The molecule has 0 unspecified atom stereocenters. The molecule has 1 aromatic rings. The van der Waals surface area contributed by atoms with Gasteiger partial charge in [-0.25, -0.2) is 0 Å². The summed E-state index contributed by atoms with van der Waals surface area (Å²) in [5, 5.41) is 3.92. The van der Waals surface area contributed by atoms with Gasteiger partial charge in [-0.1, -0.05) is 0 Å². The van der Waals surface area contributed by atoms with Crippen molar-refractivity contribution in [1.82, 2.24) is 10.6 Å². The molecule has 130 valence electrons. The monoisotopic (exact) mass is 346 g/mol. The highest BCUT2D eigenvalue weighted by Gasteiger charge is 2.68. The summed E-state index contributed by atoms with van der Waals surface area (Å²) in [7, 11) is 2.83. The molecule has 25 heavy (non-hydrogen) atoms. The second kappa shape index (κ2) is 5.69. The van der Waals surface area contributed by atoms with Crippen LogP contribution in [0.15, 0.2) is 18.2 Å². The smallest absolute Gasteiger partial charge is 0.244 e. The van der Waals surface area contributed by atoms with Crippen LogP contribution in [0.1, 0.15) is 16.8 Å². The molecule has 3 rings (SSSR count). The number of hydrogen-bond donors (Lipinski definition) is 2. The topological polar surface area (TPSA) is 128 Å². The average Bonchev–Trinajstić information content (AvgIpc) is 2.99. The molecule has 0 atom stereocenters. The van der Waals surface area contributed by atoms with Crippen LogP contribution in [-0.2, 0) is 19.2 Å². The molecule has 1 aromatic carbocycles. The Morgan fingerprint density at radius 3 is 2.08 bits per heavy atom. The fourth-order valence-electron chi connectivity index (χ4n) is 3.15. The van der Waals surface area contributed by atoms with Crippen molar-refractivity contribution < 1.29 is 33.4 Å². The molecule has 0 bridgehead atoms. The Labute approximate surface area is 141 Å². The predicted octanol–water partition coefficient (Wildman–Crippen LogP) is -0.808. The molecule has 2 aliphatic rings. The number of ether oxygens (including phenoxy) is 2. The lowest BCUT2D eigenvalue weighted by Crippen LogP contribution is -2.43. The Kier molecular flexibility index (Phi) is 3.78. The zero-order valence-corrected chi connectivity index (χ0v) is 13.4. The number of carbonyl (C=O) groups is 5. The summed E-state index contributed by atoms with van der Waals surface area (Å²) in [5.74, 6) is -5.07. The maximum Gasteiger partial charge on any atom is 0.244 e.